The van der Waals surface area contributed by atoms with Crippen LogP contribution in [0.5, 0.6) is 0 Å². The Balaban J connectivity index is 1.58. The van der Waals surface area contributed by atoms with Crippen LogP contribution in [0.15, 0.2) is 47.1 Å². The third-order valence-electron chi connectivity index (χ3n) is 4.88. The summed E-state index contributed by atoms with van der Waals surface area (Å²) in [6, 6.07) is 12.8. The highest BCUT2D eigenvalue weighted by molar-refractivity contribution is 5.76. The Morgan fingerprint density at radius 3 is 2.71 bits per heavy atom. The zero-order valence-electron chi connectivity index (χ0n) is 14.6. The molecule has 1 aliphatic rings. The molecule has 2 heterocycles. The minimum atomic E-state index is 0.268. The van der Waals surface area contributed by atoms with E-state index in [1.807, 2.05) is 17.0 Å². The van der Waals surface area contributed by atoms with Crippen LogP contribution in [-0.4, -0.2) is 35.3 Å². The number of likely N-dealkylation sites (tertiary alicyclic amines) is 1. The molecule has 0 radical (unpaired) electrons. The largest absolute Gasteiger partial charge is 0.468 e. The molecule has 24 heavy (non-hydrogen) atoms. The number of rotatable bonds is 5. The summed E-state index contributed by atoms with van der Waals surface area (Å²) < 4.78 is 5.44. The zero-order valence-corrected chi connectivity index (χ0v) is 14.6. The zero-order chi connectivity index (χ0) is 16.9. The number of hydrogen-bond donors (Lipinski definition) is 0. The van der Waals surface area contributed by atoms with Gasteiger partial charge in [-0.05, 0) is 44.5 Å². The van der Waals surface area contributed by atoms with Gasteiger partial charge in [-0.25, -0.2) is 0 Å². The van der Waals surface area contributed by atoms with Crippen LogP contribution in [0.3, 0.4) is 0 Å². The van der Waals surface area contributed by atoms with E-state index in [1.165, 1.54) is 11.1 Å². The Bertz CT molecular complexity index is 649. The summed E-state index contributed by atoms with van der Waals surface area (Å²) in [5, 5.41) is 0. The van der Waals surface area contributed by atoms with Crippen LogP contribution in [0.1, 0.15) is 36.1 Å². The SMILES string of the molecule is Cc1ccc(CN2CCC(N(C)Cc3ccco3)CCC2=O)cc1. The molecule has 4 heteroatoms. The maximum atomic E-state index is 12.5. The van der Waals surface area contributed by atoms with Gasteiger partial charge in [0.05, 0.1) is 12.8 Å². The molecule has 0 spiro atoms. The maximum Gasteiger partial charge on any atom is 0.222 e. The lowest BCUT2D eigenvalue weighted by atomic mass is 10.1. The van der Waals surface area contributed by atoms with Crippen LogP contribution in [0.25, 0.3) is 0 Å². The second-order valence-electron chi connectivity index (χ2n) is 6.78. The van der Waals surface area contributed by atoms with E-state index in [0.717, 1.165) is 31.7 Å². The van der Waals surface area contributed by atoms with Gasteiger partial charge in [0, 0.05) is 25.6 Å². The normalized spacial score (nSPS) is 18.9. The monoisotopic (exact) mass is 326 g/mol. The van der Waals surface area contributed by atoms with Gasteiger partial charge in [-0.15, -0.1) is 0 Å². The van der Waals surface area contributed by atoms with Crippen molar-refractivity contribution in [2.45, 2.75) is 45.3 Å². The van der Waals surface area contributed by atoms with Crippen LogP contribution in [0, 0.1) is 6.92 Å². The molecule has 4 nitrogen and oxygen atoms in total. The lowest BCUT2D eigenvalue weighted by Crippen LogP contribution is -2.33. The molecule has 1 unspecified atom stereocenters. The molecular weight excluding hydrogens is 300 g/mol. The van der Waals surface area contributed by atoms with Crippen molar-refractivity contribution in [2.75, 3.05) is 13.6 Å². The van der Waals surface area contributed by atoms with Gasteiger partial charge in [0.1, 0.15) is 5.76 Å². The topological polar surface area (TPSA) is 36.7 Å². The molecule has 0 bridgehead atoms. The fourth-order valence-electron chi connectivity index (χ4n) is 3.32. The van der Waals surface area contributed by atoms with Crippen LogP contribution in [0.4, 0.5) is 0 Å². The van der Waals surface area contributed by atoms with Crippen molar-refractivity contribution >= 4 is 5.91 Å². The first-order valence-corrected chi connectivity index (χ1v) is 8.68. The molecule has 1 aromatic heterocycles. The van der Waals surface area contributed by atoms with Crippen LogP contribution >= 0.6 is 0 Å². The van der Waals surface area contributed by atoms with Crippen molar-refractivity contribution in [3.05, 3.63) is 59.5 Å². The minimum Gasteiger partial charge on any atom is -0.468 e. The predicted octanol–water partition coefficient (Wildman–Crippen LogP) is 3.60. The van der Waals surface area contributed by atoms with Crippen molar-refractivity contribution in [1.82, 2.24) is 9.80 Å². The number of carbonyl (C=O) groups is 1. The molecule has 1 aliphatic heterocycles. The summed E-state index contributed by atoms with van der Waals surface area (Å²) >= 11 is 0. The molecule has 1 amide bonds. The molecule has 1 fully saturated rings. The molecule has 1 saturated heterocycles. The number of carbonyl (C=O) groups excluding carboxylic acids is 1. The second kappa shape index (κ2) is 7.67. The Morgan fingerprint density at radius 2 is 2.00 bits per heavy atom. The summed E-state index contributed by atoms with van der Waals surface area (Å²) in [4.78, 5) is 16.8. The van der Waals surface area contributed by atoms with Gasteiger partial charge in [0.2, 0.25) is 5.91 Å². The molecule has 1 aromatic carbocycles. The van der Waals surface area contributed by atoms with Crippen molar-refractivity contribution in [2.24, 2.45) is 0 Å². The maximum absolute atomic E-state index is 12.5. The average Bonchev–Trinajstić information content (AvgIpc) is 3.01. The molecule has 128 valence electrons. The number of hydrogen-bond acceptors (Lipinski definition) is 3. The van der Waals surface area contributed by atoms with E-state index in [1.54, 1.807) is 6.26 Å². The summed E-state index contributed by atoms with van der Waals surface area (Å²) in [7, 11) is 2.12. The molecule has 0 N–H and O–H groups in total. The number of amides is 1. The van der Waals surface area contributed by atoms with E-state index in [4.69, 9.17) is 4.42 Å². The first-order valence-electron chi connectivity index (χ1n) is 8.68. The first-order chi connectivity index (χ1) is 11.6. The van der Waals surface area contributed by atoms with E-state index in [0.29, 0.717) is 19.0 Å². The highest BCUT2D eigenvalue weighted by atomic mass is 16.3. The quantitative estimate of drug-likeness (QED) is 0.842. The van der Waals surface area contributed by atoms with Gasteiger partial charge >= 0.3 is 0 Å². The summed E-state index contributed by atoms with van der Waals surface area (Å²) in [5.74, 6) is 1.24. The summed E-state index contributed by atoms with van der Waals surface area (Å²) in [6.07, 6.45) is 4.26. The summed E-state index contributed by atoms with van der Waals surface area (Å²) in [5.41, 5.74) is 2.46. The number of furan rings is 1. The molecular formula is C20H26N2O2. The van der Waals surface area contributed by atoms with Gasteiger partial charge in [-0.3, -0.25) is 9.69 Å². The highest BCUT2D eigenvalue weighted by Gasteiger charge is 2.25. The molecule has 3 rings (SSSR count). The summed E-state index contributed by atoms with van der Waals surface area (Å²) in [6.45, 7) is 4.41. The highest BCUT2D eigenvalue weighted by Crippen LogP contribution is 2.20. The molecule has 2 aromatic rings. The first kappa shape index (κ1) is 16.8. The lowest BCUT2D eigenvalue weighted by molar-refractivity contribution is -0.131. The van der Waals surface area contributed by atoms with Crippen LogP contribution < -0.4 is 0 Å². The predicted molar refractivity (Wildman–Crippen MR) is 94.4 cm³/mol. The van der Waals surface area contributed by atoms with Gasteiger partial charge in [-0.2, -0.15) is 0 Å². The van der Waals surface area contributed by atoms with Gasteiger partial charge in [0.25, 0.3) is 0 Å². The third-order valence-corrected chi connectivity index (χ3v) is 4.88. The van der Waals surface area contributed by atoms with Gasteiger partial charge in [-0.1, -0.05) is 29.8 Å². The lowest BCUT2D eigenvalue weighted by Gasteiger charge is -2.26. The van der Waals surface area contributed by atoms with Crippen molar-refractivity contribution < 1.29 is 9.21 Å². The van der Waals surface area contributed by atoms with Crippen LogP contribution in [-0.2, 0) is 17.9 Å². The van der Waals surface area contributed by atoms with Crippen molar-refractivity contribution in [1.29, 1.82) is 0 Å². The third kappa shape index (κ3) is 4.26. The van der Waals surface area contributed by atoms with E-state index in [2.05, 4.69) is 43.1 Å². The van der Waals surface area contributed by atoms with Crippen molar-refractivity contribution in [3.63, 3.8) is 0 Å². The van der Waals surface area contributed by atoms with Gasteiger partial charge < -0.3 is 9.32 Å². The van der Waals surface area contributed by atoms with E-state index in [-0.39, 0.29) is 5.91 Å². The fraction of sp³-hybridized carbons (Fsp3) is 0.450. The molecule has 1 atom stereocenters. The number of nitrogens with zero attached hydrogens (tertiary/aromatic N) is 2. The van der Waals surface area contributed by atoms with E-state index < -0.39 is 0 Å². The Morgan fingerprint density at radius 1 is 1.21 bits per heavy atom. The Labute approximate surface area is 144 Å². The smallest absolute Gasteiger partial charge is 0.222 e. The van der Waals surface area contributed by atoms with Gasteiger partial charge in [0.15, 0.2) is 0 Å². The van der Waals surface area contributed by atoms with E-state index >= 15 is 0 Å². The Hall–Kier alpha value is -2.07. The fourth-order valence-corrected chi connectivity index (χ4v) is 3.32. The van der Waals surface area contributed by atoms with Crippen molar-refractivity contribution in [3.8, 4) is 0 Å². The second-order valence-corrected chi connectivity index (χ2v) is 6.78. The number of aryl methyl sites for hydroxylation is 1. The standard InChI is InChI=1S/C20H26N2O2/c1-16-5-7-17(8-6-16)14-22-12-11-18(9-10-20(22)23)21(2)15-19-4-3-13-24-19/h3-8,13,18H,9-12,14-15H2,1-2H3. The molecule has 0 saturated carbocycles. The number of benzene rings is 1. The van der Waals surface area contributed by atoms with E-state index in [9.17, 15) is 4.79 Å². The minimum absolute atomic E-state index is 0.268. The Kier molecular flexibility index (Phi) is 5.36. The van der Waals surface area contributed by atoms with Crippen LogP contribution in [0.2, 0.25) is 0 Å². The molecule has 0 aliphatic carbocycles. The average molecular weight is 326 g/mol.